The van der Waals surface area contributed by atoms with Crippen LogP contribution in [0.3, 0.4) is 0 Å². The number of ketones is 2. The van der Waals surface area contributed by atoms with Gasteiger partial charge in [-0.1, -0.05) is 5.92 Å². The number of allylic oxidation sites excluding steroid dienone is 1. The number of carbonyl (C=O) groups is 3. The van der Waals surface area contributed by atoms with Crippen molar-refractivity contribution >= 4 is 23.2 Å². The van der Waals surface area contributed by atoms with Gasteiger partial charge in [0.1, 0.15) is 22.8 Å². The van der Waals surface area contributed by atoms with Gasteiger partial charge in [0.25, 0.3) is 5.91 Å². The van der Waals surface area contributed by atoms with Gasteiger partial charge in [-0.15, -0.1) is 5.92 Å². The molecule has 190 valence electrons. The number of anilines is 1. The molecule has 10 heteroatoms. The molecule has 0 aliphatic heterocycles. The SMILES string of the molecule is CC#Cc1cc(N(C)C)c2c(c1O)C(=O)C1=C(O)[C@]3(O)C(=O)C(C(N)=O)=C(O)[C@H](N(C)C)[C@@H]3C[C@@H]1C2. The number of phenolic OH excluding ortho intramolecular Hbond substituents is 1. The average molecular weight is 496 g/mol. The Balaban J connectivity index is 2.01. The summed E-state index contributed by atoms with van der Waals surface area (Å²) in [4.78, 5) is 42.5. The van der Waals surface area contributed by atoms with Gasteiger partial charge in [-0.05, 0) is 51.4 Å². The first-order chi connectivity index (χ1) is 16.8. The van der Waals surface area contributed by atoms with Gasteiger partial charge in [0.2, 0.25) is 5.78 Å². The highest BCUT2D eigenvalue weighted by Crippen LogP contribution is 2.53. The molecule has 4 rings (SSSR count). The molecule has 1 amide bonds. The van der Waals surface area contributed by atoms with Crippen molar-refractivity contribution in [1.29, 1.82) is 0 Å². The number of nitrogens with zero attached hydrogens (tertiary/aromatic N) is 2. The molecule has 3 aliphatic carbocycles. The summed E-state index contributed by atoms with van der Waals surface area (Å²) < 4.78 is 0. The molecule has 0 fully saturated rings. The van der Waals surface area contributed by atoms with Crippen molar-refractivity contribution < 1.29 is 34.8 Å². The second-order valence-corrected chi connectivity index (χ2v) is 9.88. The zero-order chi connectivity index (χ0) is 26.9. The first-order valence-electron chi connectivity index (χ1n) is 11.4. The maximum absolute atomic E-state index is 13.8. The third-order valence-corrected chi connectivity index (χ3v) is 7.44. The van der Waals surface area contributed by atoms with Gasteiger partial charge in [-0.25, -0.2) is 0 Å². The number of Topliss-reactive ketones (excluding diaryl/α,β-unsaturated/α-hetero) is 2. The quantitative estimate of drug-likeness (QED) is 0.298. The van der Waals surface area contributed by atoms with Crippen molar-refractivity contribution in [1.82, 2.24) is 4.90 Å². The molecular formula is C26H29N3O7. The standard InChI is InChI=1S/C26H29N3O7/c1-6-7-11-10-15(28(2)3)13-8-12-9-14-19(29(4)5)22(32)18(25(27)35)24(34)26(14,36)23(33)16(12)21(31)17(13)20(11)30/h10,12,14,19,30,32-33,36H,8-9H2,1-5H3,(H2,27,35)/t12-,14-,19+,26-/m0/s1. The van der Waals surface area contributed by atoms with Crippen molar-refractivity contribution in [3.8, 4) is 17.6 Å². The Morgan fingerprint density at radius 2 is 1.81 bits per heavy atom. The van der Waals surface area contributed by atoms with Crippen LogP contribution < -0.4 is 10.6 Å². The van der Waals surface area contributed by atoms with E-state index in [-0.39, 0.29) is 35.3 Å². The van der Waals surface area contributed by atoms with Gasteiger partial charge in [0.15, 0.2) is 11.4 Å². The summed E-state index contributed by atoms with van der Waals surface area (Å²) in [5.41, 5.74) is 3.04. The molecule has 1 aromatic rings. The number of fused-ring (bicyclic) bond motifs is 3. The number of nitrogens with two attached hydrogens (primary N) is 1. The number of aliphatic hydroxyl groups is 3. The number of aliphatic hydroxyl groups excluding tert-OH is 2. The molecule has 0 saturated carbocycles. The number of hydrogen-bond donors (Lipinski definition) is 5. The van der Waals surface area contributed by atoms with Gasteiger partial charge < -0.3 is 31.1 Å². The number of likely N-dealkylation sites (N-methyl/N-ethyl adjacent to an activating group) is 1. The Labute approximate surface area is 208 Å². The highest BCUT2D eigenvalue weighted by Gasteiger charge is 2.63. The third kappa shape index (κ3) is 3.23. The predicted molar refractivity (Wildman–Crippen MR) is 131 cm³/mol. The van der Waals surface area contributed by atoms with Crippen LogP contribution in [0.4, 0.5) is 5.69 Å². The van der Waals surface area contributed by atoms with E-state index in [1.54, 1.807) is 46.1 Å². The summed E-state index contributed by atoms with van der Waals surface area (Å²) in [5, 5.41) is 44.8. The molecule has 3 aliphatic rings. The zero-order valence-corrected chi connectivity index (χ0v) is 20.7. The van der Waals surface area contributed by atoms with Crippen LogP contribution in [0.15, 0.2) is 28.7 Å². The predicted octanol–water partition coefficient (Wildman–Crippen LogP) is 0.558. The van der Waals surface area contributed by atoms with E-state index < -0.39 is 58.0 Å². The Bertz CT molecular complexity index is 1350. The Hall–Kier alpha value is -3.81. The molecule has 0 bridgehead atoms. The fourth-order valence-electron chi connectivity index (χ4n) is 5.93. The molecule has 0 heterocycles. The van der Waals surface area contributed by atoms with Crippen LogP contribution in [0, 0.1) is 23.7 Å². The maximum Gasteiger partial charge on any atom is 0.255 e. The van der Waals surface area contributed by atoms with Crippen molar-refractivity contribution in [3.05, 3.63) is 45.4 Å². The average Bonchev–Trinajstić information content (AvgIpc) is 2.77. The Morgan fingerprint density at radius 3 is 2.33 bits per heavy atom. The molecule has 4 atom stereocenters. The van der Waals surface area contributed by atoms with E-state index in [1.807, 2.05) is 0 Å². The van der Waals surface area contributed by atoms with Gasteiger partial charge in [0, 0.05) is 31.3 Å². The fourth-order valence-corrected chi connectivity index (χ4v) is 5.93. The molecule has 0 radical (unpaired) electrons. The van der Waals surface area contributed by atoms with E-state index >= 15 is 0 Å². The molecule has 36 heavy (non-hydrogen) atoms. The van der Waals surface area contributed by atoms with Crippen LogP contribution in [0.1, 0.15) is 34.8 Å². The number of hydrogen-bond acceptors (Lipinski definition) is 9. The first kappa shape index (κ1) is 25.3. The van der Waals surface area contributed by atoms with E-state index in [9.17, 15) is 34.8 Å². The Kier molecular flexibility index (Phi) is 5.90. The number of aromatic hydroxyl groups is 1. The fraction of sp³-hybridized carbons (Fsp3) is 0.423. The molecule has 10 nitrogen and oxygen atoms in total. The third-order valence-electron chi connectivity index (χ3n) is 7.44. The summed E-state index contributed by atoms with van der Waals surface area (Å²) in [7, 11) is 6.76. The van der Waals surface area contributed by atoms with Crippen LogP contribution >= 0.6 is 0 Å². The van der Waals surface area contributed by atoms with Crippen molar-refractivity contribution in [2.45, 2.75) is 31.4 Å². The summed E-state index contributed by atoms with van der Waals surface area (Å²) in [6.45, 7) is 1.59. The van der Waals surface area contributed by atoms with Crippen LogP contribution in [0.25, 0.3) is 0 Å². The molecule has 6 N–H and O–H groups in total. The second-order valence-electron chi connectivity index (χ2n) is 9.88. The number of carbonyl (C=O) groups excluding carboxylic acids is 3. The lowest BCUT2D eigenvalue weighted by molar-refractivity contribution is -0.148. The van der Waals surface area contributed by atoms with Crippen LogP contribution in [-0.2, 0) is 16.0 Å². The summed E-state index contributed by atoms with van der Waals surface area (Å²) >= 11 is 0. The largest absolute Gasteiger partial charge is 0.510 e. The van der Waals surface area contributed by atoms with Crippen molar-refractivity contribution in [3.63, 3.8) is 0 Å². The molecule has 0 unspecified atom stereocenters. The monoisotopic (exact) mass is 495 g/mol. The topological polar surface area (TPSA) is 165 Å². The second kappa shape index (κ2) is 8.40. The molecular weight excluding hydrogens is 466 g/mol. The number of rotatable bonds is 3. The van der Waals surface area contributed by atoms with E-state index in [1.165, 1.54) is 4.90 Å². The lowest BCUT2D eigenvalue weighted by Gasteiger charge is -2.50. The van der Waals surface area contributed by atoms with E-state index in [0.717, 1.165) is 0 Å². The van der Waals surface area contributed by atoms with Gasteiger partial charge >= 0.3 is 0 Å². The lowest BCUT2D eigenvalue weighted by atomic mass is 9.58. The molecule has 1 aromatic carbocycles. The van der Waals surface area contributed by atoms with E-state index in [2.05, 4.69) is 11.8 Å². The number of phenols is 1. The van der Waals surface area contributed by atoms with E-state index in [4.69, 9.17) is 5.73 Å². The van der Waals surface area contributed by atoms with Crippen molar-refractivity contribution in [2.75, 3.05) is 33.1 Å². The number of amides is 1. The Morgan fingerprint density at radius 1 is 1.17 bits per heavy atom. The highest BCUT2D eigenvalue weighted by molar-refractivity contribution is 6.25. The van der Waals surface area contributed by atoms with Crippen LogP contribution in [0.2, 0.25) is 0 Å². The molecule has 0 spiro atoms. The van der Waals surface area contributed by atoms with Gasteiger partial charge in [-0.2, -0.15) is 0 Å². The maximum atomic E-state index is 13.8. The van der Waals surface area contributed by atoms with E-state index in [0.29, 0.717) is 11.3 Å². The minimum Gasteiger partial charge on any atom is -0.510 e. The summed E-state index contributed by atoms with van der Waals surface area (Å²) in [6.07, 6.45) is 0.255. The van der Waals surface area contributed by atoms with Gasteiger partial charge in [-0.3, -0.25) is 19.3 Å². The smallest absolute Gasteiger partial charge is 0.255 e. The summed E-state index contributed by atoms with van der Waals surface area (Å²) in [5.74, 6) is -1.31. The molecule has 0 aromatic heterocycles. The molecule has 0 saturated heterocycles. The minimum atomic E-state index is -2.66. The van der Waals surface area contributed by atoms with Crippen LogP contribution in [-0.4, -0.2) is 82.6 Å². The number of primary amides is 1. The van der Waals surface area contributed by atoms with Gasteiger partial charge in [0.05, 0.1) is 17.2 Å². The lowest BCUT2D eigenvalue weighted by Crippen LogP contribution is -2.63. The first-order valence-corrected chi connectivity index (χ1v) is 11.4. The zero-order valence-electron chi connectivity index (χ0n) is 20.7. The van der Waals surface area contributed by atoms with Crippen LogP contribution in [0.5, 0.6) is 5.75 Å². The highest BCUT2D eigenvalue weighted by atomic mass is 16.3. The number of benzene rings is 1. The van der Waals surface area contributed by atoms with Crippen molar-refractivity contribution in [2.24, 2.45) is 17.6 Å². The normalized spacial score (nSPS) is 27.2. The minimum absolute atomic E-state index is 0.0376. The summed E-state index contributed by atoms with van der Waals surface area (Å²) in [6, 6.07) is 0.658.